The van der Waals surface area contributed by atoms with E-state index in [1.54, 1.807) is 0 Å². The third-order valence-electron chi connectivity index (χ3n) is 3.50. The summed E-state index contributed by atoms with van der Waals surface area (Å²) in [4.78, 5) is 13.4. The van der Waals surface area contributed by atoms with Gasteiger partial charge in [-0.1, -0.05) is 18.1 Å². The summed E-state index contributed by atoms with van der Waals surface area (Å²) >= 11 is 1.54. The van der Waals surface area contributed by atoms with Crippen molar-refractivity contribution in [2.24, 2.45) is 0 Å². The summed E-state index contributed by atoms with van der Waals surface area (Å²) in [5.41, 5.74) is 1.78. The van der Waals surface area contributed by atoms with Gasteiger partial charge in [0.25, 0.3) is 0 Å². The predicted octanol–water partition coefficient (Wildman–Crippen LogP) is 4.23. The standard InChI is InChI=1S/C16H11NO3S/c1-2-10-9-5-6-12-15(16(9)20-17-10)11(18)8-13(19-12)14-4-3-7-21-14/h3-8H,2H2,1H3. The summed E-state index contributed by atoms with van der Waals surface area (Å²) in [6.07, 6.45) is 0.761. The van der Waals surface area contributed by atoms with Crippen LogP contribution in [-0.2, 0) is 6.42 Å². The van der Waals surface area contributed by atoms with Crippen molar-refractivity contribution >= 4 is 33.3 Å². The summed E-state index contributed by atoms with van der Waals surface area (Å²) < 4.78 is 11.2. The topological polar surface area (TPSA) is 56.2 Å². The minimum absolute atomic E-state index is 0.107. The van der Waals surface area contributed by atoms with Crippen LogP contribution in [0.1, 0.15) is 12.6 Å². The highest BCUT2D eigenvalue weighted by Gasteiger charge is 2.15. The monoisotopic (exact) mass is 297 g/mol. The molecule has 0 aliphatic rings. The molecule has 4 nitrogen and oxygen atoms in total. The average molecular weight is 297 g/mol. The Kier molecular flexibility index (Phi) is 2.68. The fourth-order valence-electron chi connectivity index (χ4n) is 2.49. The number of fused-ring (bicyclic) bond motifs is 3. The Morgan fingerprint density at radius 1 is 1.29 bits per heavy atom. The molecule has 21 heavy (non-hydrogen) atoms. The molecule has 0 radical (unpaired) electrons. The van der Waals surface area contributed by atoms with Crippen LogP contribution in [0.15, 0.2) is 49.4 Å². The molecule has 3 aromatic heterocycles. The zero-order valence-electron chi connectivity index (χ0n) is 11.3. The van der Waals surface area contributed by atoms with Crippen molar-refractivity contribution in [1.82, 2.24) is 5.16 Å². The van der Waals surface area contributed by atoms with Crippen LogP contribution in [0.25, 0.3) is 32.6 Å². The molecule has 0 bridgehead atoms. The molecule has 0 saturated carbocycles. The number of nitrogens with zero attached hydrogens (tertiary/aromatic N) is 1. The maximum atomic E-state index is 12.5. The van der Waals surface area contributed by atoms with Crippen LogP contribution in [0.2, 0.25) is 0 Å². The first kappa shape index (κ1) is 12.3. The Morgan fingerprint density at radius 2 is 2.19 bits per heavy atom. The maximum Gasteiger partial charge on any atom is 0.197 e. The number of rotatable bonds is 2. The lowest BCUT2D eigenvalue weighted by molar-refractivity contribution is 0.449. The van der Waals surface area contributed by atoms with Gasteiger partial charge >= 0.3 is 0 Å². The van der Waals surface area contributed by atoms with E-state index in [1.807, 2.05) is 36.6 Å². The van der Waals surface area contributed by atoms with Gasteiger partial charge in [-0.3, -0.25) is 4.79 Å². The number of aryl methyl sites for hydroxylation is 1. The molecule has 0 aliphatic carbocycles. The zero-order chi connectivity index (χ0) is 14.4. The summed E-state index contributed by atoms with van der Waals surface area (Å²) in [6.45, 7) is 2.00. The van der Waals surface area contributed by atoms with Crippen molar-refractivity contribution in [3.63, 3.8) is 0 Å². The van der Waals surface area contributed by atoms with E-state index in [4.69, 9.17) is 8.94 Å². The van der Waals surface area contributed by atoms with Crippen molar-refractivity contribution in [3.05, 3.63) is 51.6 Å². The van der Waals surface area contributed by atoms with E-state index in [9.17, 15) is 4.79 Å². The van der Waals surface area contributed by atoms with Gasteiger partial charge in [0.1, 0.15) is 16.7 Å². The lowest BCUT2D eigenvalue weighted by Crippen LogP contribution is -2.00. The van der Waals surface area contributed by atoms with Crippen molar-refractivity contribution in [1.29, 1.82) is 0 Å². The molecule has 0 spiro atoms. The normalized spacial score (nSPS) is 11.5. The highest BCUT2D eigenvalue weighted by atomic mass is 32.1. The molecule has 0 fully saturated rings. The second-order valence-corrected chi connectivity index (χ2v) is 5.70. The van der Waals surface area contributed by atoms with E-state index in [0.29, 0.717) is 22.3 Å². The second kappa shape index (κ2) is 4.56. The van der Waals surface area contributed by atoms with E-state index in [2.05, 4.69) is 5.16 Å². The first-order valence-electron chi connectivity index (χ1n) is 6.67. The molecule has 104 valence electrons. The van der Waals surface area contributed by atoms with E-state index in [-0.39, 0.29) is 5.43 Å². The van der Waals surface area contributed by atoms with Gasteiger partial charge in [0, 0.05) is 11.5 Å². The van der Waals surface area contributed by atoms with Crippen LogP contribution in [0.3, 0.4) is 0 Å². The Balaban J connectivity index is 2.08. The minimum Gasteiger partial charge on any atom is -0.455 e. The van der Waals surface area contributed by atoms with Gasteiger partial charge < -0.3 is 8.94 Å². The van der Waals surface area contributed by atoms with Crippen LogP contribution in [0.5, 0.6) is 0 Å². The SMILES string of the molecule is CCc1noc2c1ccc1oc(-c3cccs3)cc(=O)c12. The third kappa shape index (κ3) is 1.81. The molecule has 0 atom stereocenters. The molecule has 0 amide bonds. The van der Waals surface area contributed by atoms with Gasteiger partial charge in [0.05, 0.1) is 10.6 Å². The quantitative estimate of drug-likeness (QED) is 0.555. The summed E-state index contributed by atoms with van der Waals surface area (Å²) in [7, 11) is 0. The van der Waals surface area contributed by atoms with Crippen molar-refractivity contribution in [2.75, 3.05) is 0 Å². The van der Waals surface area contributed by atoms with Crippen molar-refractivity contribution in [3.8, 4) is 10.6 Å². The molecule has 3 heterocycles. The minimum atomic E-state index is -0.107. The number of aromatic nitrogens is 1. The molecular weight excluding hydrogens is 286 g/mol. The van der Waals surface area contributed by atoms with Gasteiger partial charge in [-0.2, -0.15) is 0 Å². The van der Waals surface area contributed by atoms with Gasteiger partial charge in [0.15, 0.2) is 11.0 Å². The van der Waals surface area contributed by atoms with Crippen molar-refractivity contribution in [2.45, 2.75) is 13.3 Å². The summed E-state index contributed by atoms with van der Waals surface area (Å²) in [5, 5.41) is 7.31. The Labute approximate surface area is 123 Å². The lowest BCUT2D eigenvalue weighted by atomic mass is 10.1. The number of hydrogen-bond acceptors (Lipinski definition) is 5. The van der Waals surface area contributed by atoms with Crippen molar-refractivity contribution < 1.29 is 8.94 Å². The van der Waals surface area contributed by atoms with Crippen LogP contribution >= 0.6 is 11.3 Å². The predicted molar refractivity (Wildman–Crippen MR) is 82.7 cm³/mol. The van der Waals surface area contributed by atoms with Gasteiger partial charge in [0.2, 0.25) is 0 Å². The molecular formula is C16H11NO3S. The molecule has 4 rings (SSSR count). The van der Waals surface area contributed by atoms with E-state index in [1.165, 1.54) is 17.4 Å². The first-order valence-corrected chi connectivity index (χ1v) is 7.55. The highest BCUT2D eigenvalue weighted by molar-refractivity contribution is 7.13. The zero-order valence-corrected chi connectivity index (χ0v) is 12.1. The highest BCUT2D eigenvalue weighted by Crippen LogP contribution is 2.30. The molecule has 5 heteroatoms. The van der Waals surface area contributed by atoms with Crippen LogP contribution in [0.4, 0.5) is 0 Å². The summed E-state index contributed by atoms with van der Waals surface area (Å²) in [5.74, 6) is 0.581. The van der Waals surface area contributed by atoms with Crippen LogP contribution in [-0.4, -0.2) is 5.16 Å². The number of benzene rings is 1. The van der Waals surface area contributed by atoms with E-state index >= 15 is 0 Å². The third-order valence-corrected chi connectivity index (χ3v) is 4.39. The molecule has 0 unspecified atom stereocenters. The Morgan fingerprint density at radius 3 is 2.95 bits per heavy atom. The fourth-order valence-corrected chi connectivity index (χ4v) is 3.17. The molecule has 1 aromatic carbocycles. The largest absolute Gasteiger partial charge is 0.455 e. The summed E-state index contributed by atoms with van der Waals surface area (Å²) in [6, 6.07) is 9.08. The fraction of sp³-hybridized carbons (Fsp3) is 0.125. The van der Waals surface area contributed by atoms with Crippen LogP contribution in [0, 0.1) is 0 Å². The number of thiophene rings is 1. The molecule has 0 aliphatic heterocycles. The maximum absolute atomic E-state index is 12.5. The van der Waals surface area contributed by atoms with Gasteiger partial charge in [-0.15, -0.1) is 11.3 Å². The number of hydrogen-bond donors (Lipinski definition) is 0. The smallest absolute Gasteiger partial charge is 0.197 e. The molecule has 4 aromatic rings. The van der Waals surface area contributed by atoms with Gasteiger partial charge in [-0.25, -0.2) is 0 Å². The van der Waals surface area contributed by atoms with Crippen LogP contribution < -0.4 is 5.43 Å². The van der Waals surface area contributed by atoms with E-state index < -0.39 is 0 Å². The first-order chi connectivity index (χ1) is 10.3. The molecule has 0 saturated heterocycles. The van der Waals surface area contributed by atoms with Gasteiger partial charge in [-0.05, 0) is 30.0 Å². The Hall–Kier alpha value is -2.40. The lowest BCUT2D eigenvalue weighted by Gasteiger charge is -2.01. The van der Waals surface area contributed by atoms with E-state index in [0.717, 1.165) is 22.4 Å². The average Bonchev–Trinajstić information content (AvgIpc) is 3.15. The Bertz CT molecular complexity index is 996. The molecule has 0 N–H and O–H groups in total. The second-order valence-electron chi connectivity index (χ2n) is 4.75.